The maximum atomic E-state index is 5.35. The van der Waals surface area contributed by atoms with Gasteiger partial charge in [0.1, 0.15) is 11.6 Å². The molecule has 4 heteroatoms. The van der Waals surface area contributed by atoms with Crippen LogP contribution in [0, 0.1) is 0 Å². The smallest absolute Gasteiger partial charge is 0.119 e. The highest BCUT2D eigenvalue weighted by molar-refractivity contribution is 5.89. The lowest BCUT2D eigenvalue weighted by atomic mass is 10.0. The van der Waals surface area contributed by atoms with Crippen molar-refractivity contribution in [2.45, 2.75) is 18.9 Å². The van der Waals surface area contributed by atoms with Crippen molar-refractivity contribution in [3.8, 4) is 5.75 Å². The Morgan fingerprint density at radius 1 is 1.32 bits per heavy atom. The predicted octanol–water partition coefficient (Wildman–Crippen LogP) is 1.83. The van der Waals surface area contributed by atoms with E-state index in [9.17, 15) is 0 Å². The van der Waals surface area contributed by atoms with Crippen LogP contribution >= 0.6 is 0 Å². The molecule has 1 atom stereocenters. The van der Waals surface area contributed by atoms with Crippen LogP contribution in [0.15, 0.2) is 29.3 Å². The standard InChI is InChI=1S/C15H21N3O/c1-19-13-6-4-5-12(11-13)14(15-16-7-8-17-15)18-9-2-3-10-18/h4-6,11,14H,2-3,7-10H2,1H3,(H,16,17). The largest absolute Gasteiger partial charge is 0.497 e. The first-order valence-electron chi connectivity index (χ1n) is 7.05. The normalized spacial score (nSPS) is 21.0. The number of methoxy groups -OCH3 is 1. The highest BCUT2D eigenvalue weighted by atomic mass is 16.5. The van der Waals surface area contributed by atoms with E-state index in [4.69, 9.17) is 4.74 Å². The highest BCUT2D eigenvalue weighted by Gasteiger charge is 2.29. The number of benzene rings is 1. The first-order chi connectivity index (χ1) is 9.38. The lowest BCUT2D eigenvalue weighted by molar-refractivity contribution is 0.300. The van der Waals surface area contributed by atoms with Gasteiger partial charge in [0.25, 0.3) is 0 Å². The summed E-state index contributed by atoms with van der Waals surface area (Å²) in [6, 6.07) is 8.63. The van der Waals surface area contributed by atoms with Gasteiger partial charge in [0.2, 0.25) is 0 Å². The molecular weight excluding hydrogens is 238 g/mol. The Labute approximate surface area is 114 Å². The van der Waals surface area contributed by atoms with Crippen LogP contribution in [0.4, 0.5) is 0 Å². The molecule has 0 saturated carbocycles. The molecule has 4 nitrogen and oxygen atoms in total. The van der Waals surface area contributed by atoms with Crippen molar-refractivity contribution in [1.82, 2.24) is 10.2 Å². The van der Waals surface area contributed by atoms with E-state index in [0.29, 0.717) is 0 Å². The van der Waals surface area contributed by atoms with Crippen molar-refractivity contribution in [3.63, 3.8) is 0 Å². The van der Waals surface area contributed by atoms with Gasteiger partial charge in [0, 0.05) is 6.54 Å². The van der Waals surface area contributed by atoms with E-state index in [1.54, 1.807) is 7.11 Å². The number of nitrogens with one attached hydrogen (secondary N) is 1. The minimum absolute atomic E-state index is 0.264. The van der Waals surface area contributed by atoms with Crippen molar-refractivity contribution in [2.75, 3.05) is 33.3 Å². The van der Waals surface area contributed by atoms with Crippen molar-refractivity contribution >= 4 is 5.84 Å². The number of hydrogen-bond acceptors (Lipinski definition) is 4. The summed E-state index contributed by atoms with van der Waals surface area (Å²) in [4.78, 5) is 7.16. The van der Waals surface area contributed by atoms with Crippen LogP contribution in [0.25, 0.3) is 0 Å². The molecule has 0 radical (unpaired) electrons. The second kappa shape index (κ2) is 5.61. The summed E-state index contributed by atoms with van der Waals surface area (Å²) < 4.78 is 5.35. The third-order valence-corrected chi connectivity index (χ3v) is 3.87. The number of hydrogen-bond donors (Lipinski definition) is 1. The van der Waals surface area contributed by atoms with Gasteiger partial charge >= 0.3 is 0 Å². The number of ether oxygens (including phenoxy) is 1. The molecule has 1 saturated heterocycles. The predicted molar refractivity (Wildman–Crippen MR) is 76.8 cm³/mol. The van der Waals surface area contributed by atoms with Crippen LogP contribution in [0.3, 0.4) is 0 Å². The number of rotatable bonds is 4. The molecular formula is C15H21N3O. The first-order valence-corrected chi connectivity index (χ1v) is 7.05. The fourth-order valence-corrected chi connectivity index (χ4v) is 2.95. The van der Waals surface area contributed by atoms with E-state index in [-0.39, 0.29) is 6.04 Å². The van der Waals surface area contributed by atoms with E-state index in [2.05, 4.69) is 33.4 Å². The van der Waals surface area contributed by atoms with Gasteiger partial charge in [-0.3, -0.25) is 9.89 Å². The summed E-state index contributed by atoms with van der Waals surface area (Å²) in [5, 5.41) is 3.44. The molecule has 1 aromatic carbocycles. The topological polar surface area (TPSA) is 36.9 Å². The summed E-state index contributed by atoms with van der Waals surface area (Å²) in [5.74, 6) is 2.04. The molecule has 19 heavy (non-hydrogen) atoms. The van der Waals surface area contributed by atoms with Crippen LogP contribution in [-0.4, -0.2) is 44.0 Å². The molecule has 2 aliphatic rings. The Hall–Kier alpha value is -1.55. The summed E-state index contributed by atoms with van der Waals surface area (Å²) >= 11 is 0. The number of nitrogens with zero attached hydrogens (tertiary/aromatic N) is 2. The average molecular weight is 259 g/mol. The minimum Gasteiger partial charge on any atom is -0.497 e. The van der Waals surface area contributed by atoms with Gasteiger partial charge in [-0.25, -0.2) is 0 Å². The van der Waals surface area contributed by atoms with E-state index >= 15 is 0 Å². The molecule has 1 fully saturated rings. The third kappa shape index (κ3) is 2.59. The maximum absolute atomic E-state index is 5.35. The molecule has 2 heterocycles. The van der Waals surface area contributed by atoms with E-state index in [1.165, 1.54) is 18.4 Å². The van der Waals surface area contributed by atoms with E-state index in [0.717, 1.165) is 37.8 Å². The van der Waals surface area contributed by atoms with Gasteiger partial charge in [0.05, 0.1) is 19.7 Å². The van der Waals surface area contributed by atoms with Crippen LogP contribution in [0.5, 0.6) is 5.75 Å². The summed E-state index contributed by atoms with van der Waals surface area (Å²) in [5.41, 5.74) is 1.27. The summed E-state index contributed by atoms with van der Waals surface area (Å²) in [6.45, 7) is 4.17. The molecule has 1 unspecified atom stereocenters. The quantitative estimate of drug-likeness (QED) is 0.896. The molecule has 0 spiro atoms. The molecule has 0 bridgehead atoms. The zero-order chi connectivity index (χ0) is 13.1. The summed E-state index contributed by atoms with van der Waals surface area (Å²) in [6.07, 6.45) is 2.57. The number of aliphatic imine (C=N–C) groups is 1. The van der Waals surface area contributed by atoms with Crippen LogP contribution in [0.2, 0.25) is 0 Å². The Balaban J connectivity index is 1.92. The zero-order valence-electron chi connectivity index (χ0n) is 11.4. The van der Waals surface area contributed by atoms with Gasteiger partial charge in [-0.15, -0.1) is 0 Å². The van der Waals surface area contributed by atoms with Gasteiger partial charge in [0.15, 0.2) is 0 Å². The minimum atomic E-state index is 0.264. The molecule has 1 aromatic rings. The van der Waals surface area contributed by atoms with Crippen molar-refractivity contribution in [1.29, 1.82) is 0 Å². The lowest BCUT2D eigenvalue weighted by Crippen LogP contribution is -2.37. The zero-order valence-corrected chi connectivity index (χ0v) is 11.4. The van der Waals surface area contributed by atoms with Gasteiger partial charge in [-0.2, -0.15) is 0 Å². The monoisotopic (exact) mass is 259 g/mol. The Morgan fingerprint density at radius 2 is 2.16 bits per heavy atom. The summed E-state index contributed by atoms with van der Waals surface area (Å²) in [7, 11) is 1.72. The molecule has 102 valence electrons. The second-order valence-corrected chi connectivity index (χ2v) is 5.12. The average Bonchev–Trinajstić information content (AvgIpc) is 3.13. The van der Waals surface area contributed by atoms with Gasteiger partial charge < -0.3 is 10.1 Å². The SMILES string of the molecule is COc1cccc(C(C2=NCCN2)N2CCCC2)c1. The molecule has 2 aliphatic heterocycles. The lowest BCUT2D eigenvalue weighted by Gasteiger charge is -2.28. The van der Waals surface area contributed by atoms with Gasteiger partial charge in [-0.05, 0) is 43.6 Å². The fraction of sp³-hybridized carbons (Fsp3) is 0.533. The van der Waals surface area contributed by atoms with Crippen LogP contribution < -0.4 is 10.1 Å². The molecule has 0 amide bonds. The molecule has 0 aliphatic carbocycles. The van der Waals surface area contributed by atoms with E-state index < -0.39 is 0 Å². The Morgan fingerprint density at radius 3 is 2.84 bits per heavy atom. The molecule has 0 aromatic heterocycles. The van der Waals surface area contributed by atoms with Crippen LogP contribution in [-0.2, 0) is 0 Å². The van der Waals surface area contributed by atoms with Crippen molar-refractivity contribution in [2.24, 2.45) is 4.99 Å². The fourth-order valence-electron chi connectivity index (χ4n) is 2.95. The maximum Gasteiger partial charge on any atom is 0.119 e. The van der Waals surface area contributed by atoms with Gasteiger partial charge in [-0.1, -0.05) is 12.1 Å². The number of amidine groups is 1. The first kappa shape index (κ1) is 12.5. The highest BCUT2D eigenvalue weighted by Crippen LogP contribution is 2.28. The Kier molecular flexibility index (Phi) is 3.69. The second-order valence-electron chi connectivity index (χ2n) is 5.12. The third-order valence-electron chi connectivity index (χ3n) is 3.87. The Bertz CT molecular complexity index is 466. The van der Waals surface area contributed by atoms with Crippen molar-refractivity contribution < 1.29 is 4.74 Å². The number of likely N-dealkylation sites (tertiary alicyclic amines) is 1. The molecule has 1 N–H and O–H groups in total. The van der Waals surface area contributed by atoms with E-state index in [1.807, 2.05) is 6.07 Å². The molecule has 3 rings (SSSR count). The van der Waals surface area contributed by atoms with Crippen LogP contribution in [0.1, 0.15) is 24.4 Å². The van der Waals surface area contributed by atoms with Crippen molar-refractivity contribution in [3.05, 3.63) is 29.8 Å².